The molecule has 58 valence electrons. The van der Waals surface area contributed by atoms with E-state index in [0.717, 1.165) is 4.88 Å². The summed E-state index contributed by atoms with van der Waals surface area (Å²) >= 11 is 1.30. The molecule has 0 radical (unpaired) electrons. The van der Waals surface area contributed by atoms with E-state index in [0.29, 0.717) is 12.3 Å². The van der Waals surface area contributed by atoms with Crippen LogP contribution in [0.1, 0.15) is 24.1 Å². The van der Waals surface area contributed by atoms with Gasteiger partial charge in [-0.05, 0) is 11.5 Å². The predicted molar refractivity (Wildman–Crippen MR) is 45.6 cm³/mol. The first-order chi connectivity index (χ1) is 5.24. The number of hydrogen-bond acceptors (Lipinski definition) is 3. The molecule has 1 N–H and O–H groups in total. The Morgan fingerprint density at radius 2 is 2.64 bits per heavy atom. The molecule has 0 aromatic carbocycles. The minimum absolute atomic E-state index is 0.0915. The van der Waals surface area contributed by atoms with Crippen LogP contribution in [0.2, 0.25) is 0 Å². The highest BCUT2D eigenvalue weighted by atomic mass is 32.1. The number of rotatable bonds is 2. The van der Waals surface area contributed by atoms with Crippen LogP contribution in [0.3, 0.4) is 0 Å². The van der Waals surface area contributed by atoms with Crippen molar-refractivity contribution in [1.29, 1.82) is 0 Å². The minimum atomic E-state index is 0.0915. The van der Waals surface area contributed by atoms with Crippen LogP contribution in [0.25, 0.3) is 0 Å². The van der Waals surface area contributed by atoms with E-state index in [4.69, 9.17) is 11.5 Å². The second kappa shape index (κ2) is 3.40. The zero-order valence-corrected chi connectivity index (χ0v) is 7.06. The third-order valence-corrected chi connectivity index (χ3v) is 2.44. The zero-order valence-electron chi connectivity index (χ0n) is 6.24. The summed E-state index contributed by atoms with van der Waals surface area (Å²) in [5.74, 6) is 2.97. The Labute approximate surface area is 70.1 Å². The molecule has 3 heteroatoms. The van der Waals surface area contributed by atoms with Crippen molar-refractivity contribution in [3.8, 4) is 18.2 Å². The predicted octanol–water partition coefficient (Wildman–Crippen LogP) is 1.98. The van der Waals surface area contributed by atoms with Crippen molar-refractivity contribution in [3.63, 3.8) is 0 Å². The molecule has 11 heavy (non-hydrogen) atoms. The van der Waals surface area contributed by atoms with Gasteiger partial charge in [-0.2, -0.15) is 4.37 Å². The van der Waals surface area contributed by atoms with Crippen molar-refractivity contribution in [1.82, 2.24) is 4.37 Å². The molecule has 0 saturated carbocycles. The van der Waals surface area contributed by atoms with Gasteiger partial charge >= 0.3 is 0 Å². The lowest BCUT2D eigenvalue weighted by molar-refractivity contribution is 0.459. The van der Waals surface area contributed by atoms with Gasteiger partial charge in [-0.25, -0.2) is 0 Å². The SMILES string of the molecule is C#CCC(C)c1cc(O)ns1. The van der Waals surface area contributed by atoms with Crippen LogP contribution in [-0.4, -0.2) is 9.48 Å². The normalized spacial score (nSPS) is 12.4. The van der Waals surface area contributed by atoms with E-state index in [1.54, 1.807) is 6.07 Å². The maximum absolute atomic E-state index is 8.92. The lowest BCUT2D eigenvalue weighted by Crippen LogP contribution is -1.86. The van der Waals surface area contributed by atoms with Gasteiger partial charge in [0.15, 0.2) is 0 Å². The van der Waals surface area contributed by atoms with E-state index in [1.165, 1.54) is 11.5 Å². The molecule has 1 unspecified atom stereocenters. The molecule has 0 amide bonds. The Hall–Kier alpha value is -1.01. The molecule has 0 spiro atoms. The summed E-state index contributed by atoms with van der Waals surface area (Å²) in [5.41, 5.74) is 0. The molecule has 0 bridgehead atoms. The van der Waals surface area contributed by atoms with E-state index >= 15 is 0 Å². The minimum Gasteiger partial charge on any atom is -0.493 e. The van der Waals surface area contributed by atoms with Gasteiger partial charge in [0, 0.05) is 23.3 Å². The van der Waals surface area contributed by atoms with Crippen LogP contribution >= 0.6 is 11.5 Å². The molecule has 1 aromatic rings. The van der Waals surface area contributed by atoms with Gasteiger partial charge in [-0.3, -0.25) is 0 Å². The molecule has 0 saturated heterocycles. The molecule has 1 atom stereocenters. The van der Waals surface area contributed by atoms with Gasteiger partial charge in [0.05, 0.1) is 0 Å². The summed E-state index contributed by atoms with van der Waals surface area (Å²) in [6, 6.07) is 1.66. The summed E-state index contributed by atoms with van der Waals surface area (Å²) < 4.78 is 3.75. The van der Waals surface area contributed by atoms with Gasteiger partial charge in [-0.15, -0.1) is 12.3 Å². The van der Waals surface area contributed by atoms with Gasteiger partial charge in [0.1, 0.15) is 0 Å². The van der Waals surface area contributed by atoms with Crippen molar-refractivity contribution in [2.75, 3.05) is 0 Å². The average Bonchev–Trinajstić information content (AvgIpc) is 2.36. The summed E-state index contributed by atoms with van der Waals surface area (Å²) in [4.78, 5) is 1.04. The third kappa shape index (κ3) is 1.95. The standard InChI is InChI=1S/C8H9NOS/c1-3-4-6(2)7-5-8(10)9-11-7/h1,5-6H,4H2,2H3,(H,9,10). The largest absolute Gasteiger partial charge is 0.493 e. The molecule has 1 rings (SSSR count). The Balaban J connectivity index is 2.70. The quantitative estimate of drug-likeness (QED) is 0.683. The van der Waals surface area contributed by atoms with Gasteiger partial charge in [0.2, 0.25) is 5.88 Å². The zero-order chi connectivity index (χ0) is 8.27. The fourth-order valence-electron chi connectivity index (χ4n) is 0.789. The van der Waals surface area contributed by atoms with Gasteiger partial charge in [-0.1, -0.05) is 6.92 Å². The first-order valence-corrected chi connectivity index (χ1v) is 4.10. The Morgan fingerprint density at radius 1 is 1.91 bits per heavy atom. The number of aromatic nitrogens is 1. The molecule has 0 aliphatic carbocycles. The number of hydrogen-bond donors (Lipinski definition) is 1. The number of nitrogens with zero attached hydrogens (tertiary/aromatic N) is 1. The second-order valence-electron chi connectivity index (χ2n) is 2.40. The van der Waals surface area contributed by atoms with Crippen LogP contribution < -0.4 is 0 Å². The monoisotopic (exact) mass is 167 g/mol. The lowest BCUT2D eigenvalue weighted by Gasteiger charge is -2.00. The van der Waals surface area contributed by atoms with E-state index in [-0.39, 0.29) is 5.88 Å². The highest BCUT2D eigenvalue weighted by molar-refractivity contribution is 7.06. The molecule has 0 fully saturated rings. The summed E-state index contributed by atoms with van der Waals surface area (Å²) in [6.45, 7) is 2.02. The first kappa shape index (κ1) is 8.09. The fourth-order valence-corrected chi connectivity index (χ4v) is 1.46. The Morgan fingerprint density at radius 3 is 3.09 bits per heavy atom. The molecule has 0 aliphatic heterocycles. The Kier molecular flexibility index (Phi) is 2.50. The molecular formula is C8H9NOS. The van der Waals surface area contributed by atoms with E-state index < -0.39 is 0 Å². The van der Waals surface area contributed by atoms with E-state index in [9.17, 15) is 0 Å². The van der Waals surface area contributed by atoms with Crippen molar-refractivity contribution in [3.05, 3.63) is 10.9 Å². The fraction of sp³-hybridized carbons (Fsp3) is 0.375. The molecule has 0 aliphatic rings. The van der Waals surface area contributed by atoms with Crippen molar-refractivity contribution >= 4 is 11.5 Å². The first-order valence-electron chi connectivity index (χ1n) is 3.33. The number of aromatic hydroxyl groups is 1. The maximum Gasteiger partial charge on any atom is 0.222 e. The van der Waals surface area contributed by atoms with Crippen LogP contribution in [0.15, 0.2) is 6.07 Å². The van der Waals surface area contributed by atoms with Gasteiger partial charge < -0.3 is 5.11 Å². The smallest absolute Gasteiger partial charge is 0.222 e. The van der Waals surface area contributed by atoms with Gasteiger partial charge in [0.25, 0.3) is 0 Å². The summed E-state index contributed by atoms with van der Waals surface area (Å²) in [5, 5.41) is 8.92. The molecule has 1 heterocycles. The average molecular weight is 167 g/mol. The highest BCUT2D eigenvalue weighted by Gasteiger charge is 2.07. The summed E-state index contributed by atoms with van der Waals surface area (Å²) in [6.07, 6.45) is 5.84. The van der Waals surface area contributed by atoms with Crippen LogP contribution in [-0.2, 0) is 0 Å². The highest BCUT2D eigenvalue weighted by Crippen LogP contribution is 2.25. The van der Waals surface area contributed by atoms with E-state index in [2.05, 4.69) is 10.3 Å². The lowest BCUT2D eigenvalue weighted by atomic mass is 10.1. The third-order valence-electron chi connectivity index (χ3n) is 1.43. The number of terminal acetylenes is 1. The molecule has 1 aromatic heterocycles. The molecular weight excluding hydrogens is 158 g/mol. The van der Waals surface area contributed by atoms with Crippen LogP contribution in [0, 0.1) is 12.3 Å². The molecule has 2 nitrogen and oxygen atoms in total. The maximum atomic E-state index is 8.92. The van der Waals surface area contributed by atoms with Crippen molar-refractivity contribution < 1.29 is 5.11 Å². The Bertz CT molecular complexity index is 274. The topological polar surface area (TPSA) is 33.1 Å². The van der Waals surface area contributed by atoms with Crippen LogP contribution in [0.4, 0.5) is 0 Å². The summed E-state index contributed by atoms with van der Waals surface area (Å²) in [7, 11) is 0. The second-order valence-corrected chi connectivity index (χ2v) is 3.23. The van der Waals surface area contributed by atoms with Crippen molar-refractivity contribution in [2.45, 2.75) is 19.3 Å². The van der Waals surface area contributed by atoms with Crippen molar-refractivity contribution in [2.24, 2.45) is 0 Å². The van der Waals surface area contributed by atoms with E-state index in [1.807, 2.05) is 6.92 Å². The van der Waals surface area contributed by atoms with Crippen LogP contribution in [0.5, 0.6) is 5.88 Å².